The van der Waals surface area contributed by atoms with Gasteiger partial charge < -0.3 is 14.9 Å². The average Bonchev–Trinajstić information content (AvgIpc) is 2.49. The molecule has 20 heavy (non-hydrogen) atoms. The lowest BCUT2D eigenvalue weighted by atomic mass is 10.2. The molecule has 1 heterocycles. The van der Waals surface area contributed by atoms with Gasteiger partial charge in [0.1, 0.15) is 11.4 Å². The van der Waals surface area contributed by atoms with E-state index in [1.165, 1.54) is 43.6 Å². The quantitative estimate of drug-likeness (QED) is 0.813. The second-order valence-electron chi connectivity index (χ2n) is 3.56. The highest BCUT2D eigenvalue weighted by Crippen LogP contribution is 2.09. The van der Waals surface area contributed by atoms with Crippen molar-refractivity contribution in [1.29, 1.82) is 0 Å². The molecule has 104 valence electrons. The summed E-state index contributed by atoms with van der Waals surface area (Å²) in [7, 11) is 1.31. The summed E-state index contributed by atoms with van der Waals surface area (Å²) in [6, 6.07) is 10.6. The number of hydrogen-bond acceptors (Lipinski definition) is 5. The van der Waals surface area contributed by atoms with Crippen molar-refractivity contribution in [2.24, 2.45) is 0 Å². The van der Waals surface area contributed by atoms with Crippen molar-refractivity contribution in [2.75, 3.05) is 7.11 Å². The van der Waals surface area contributed by atoms with Gasteiger partial charge in [-0.1, -0.05) is 6.07 Å². The summed E-state index contributed by atoms with van der Waals surface area (Å²) >= 11 is 0. The van der Waals surface area contributed by atoms with Gasteiger partial charge in [-0.05, 0) is 36.4 Å². The molecule has 1 aromatic heterocycles. The molecule has 0 aliphatic rings. The lowest BCUT2D eigenvalue weighted by Gasteiger charge is -1.97. The van der Waals surface area contributed by atoms with Crippen LogP contribution in [-0.2, 0) is 4.74 Å². The van der Waals surface area contributed by atoms with Crippen LogP contribution in [0.15, 0.2) is 48.7 Å². The van der Waals surface area contributed by atoms with Crippen molar-refractivity contribution in [2.45, 2.75) is 0 Å². The van der Waals surface area contributed by atoms with E-state index < -0.39 is 11.9 Å². The first-order chi connectivity index (χ1) is 9.54. The number of aromatic hydroxyl groups is 1. The number of rotatable bonds is 2. The van der Waals surface area contributed by atoms with Gasteiger partial charge in [0.05, 0.1) is 12.7 Å². The predicted octanol–water partition coefficient (Wildman–Crippen LogP) is 1.96. The molecule has 6 heteroatoms. The van der Waals surface area contributed by atoms with E-state index in [1.54, 1.807) is 12.1 Å². The molecule has 0 bridgehead atoms. The van der Waals surface area contributed by atoms with E-state index in [4.69, 9.17) is 10.2 Å². The summed E-state index contributed by atoms with van der Waals surface area (Å²) in [5.41, 5.74) is 0.516. The van der Waals surface area contributed by atoms with Crippen LogP contribution in [0.4, 0.5) is 0 Å². The third kappa shape index (κ3) is 4.77. The molecular formula is C14H13NO5. The van der Waals surface area contributed by atoms with Crippen molar-refractivity contribution < 1.29 is 24.5 Å². The van der Waals surface area contributed by atoms with Crippen molar-refractivity contribution in [1.82, 2.24) is 4.98 Å². The molecule has 2 N–H and O–H groups in total. The normalized spacial score (nSPS) is 9.05. The Balaban J connectivity index is 0.000000204. The van der Waals surface area contributed by atoms with Crippen LogP contribution in [0.1, 0.15) is 20.8 Å². The third-order valence-corrected chi connectivity index (χ3v) is 2.17. The molecule has 6 nitrogen and oxygen atoms in total. The Morgan fingerprint density at radius 1 is 1.10 bits per heavy atom. The highest BCUT2D eigenvalue weighted by molar-refractivity contribution is 5.89. The first kappa shape index (κ1) is 15.2. The highest BCUT2D eigenvalue weighted by Gasteiger charge is 2.02. The monoisotopic (exact) mass is 275 g/mol. The Morgan fingerprint density at radius 2 is 1.75 bits per heavy atom. The molecule has 0 saturated carbocycles. The lowest BCUT2D eigenvalue weighted by molar-refractivity contribution is 0.0599. The van der Waals surface area contributed by atoms with Gasteiger partial charge in [-0.2, -0.15) is 0 Å². The van der Waals surface area contributed by atoms with Crippen LogP contribution in [0.3, 0.4) is 0 Å². The van der Waals surface area contributed by atoms with Crippen LogP contribution >= 0.6 is 0 Å². The van der Waals surface area contributed by atoms with Crippen LogP contribution in [0.25, 0.3) is 0 Å². The highest BCUT2D eigenvalue weighted by atomic mass is 16.5. The fourth-order valence-electron chi connectivity index (χ4n) is 1.20. The Bertz CT molecular complexity index is 566. The largest absolute Gasteiger partial charge is 0.508 e. The smallest absolute Gasteiger partial charge is 0.354 e. The van der Waals surface area contributed by atoms with Crippen molar-refractivity contribution in [3.8, 4) is 5.75 Å². The van der Waals surface area contributed by atoms with E-state index in [9.17, 15) is 9.59 Å². The summed E-state index contributed by atoms with van der Waals surface area (Å²) in [6.45, 7) is 0. The number of aromatic carboxylic acids is 1. The van der Waals surface area contributed by atoms with E-state index in [0.29, 0.717) is 5.56 Å². The zero-order valence-electron chi connectivity index (χ0n) is 10.7. The van der Waals surface area contributed by atoms with E-state index in [1.807, 2.05) is 0 Å². The molecule has 0 unspecified atom stereocenters. The van der Waals surface area contributed by atoms with E-state index >= 15 is 0 Å². The zero-order valence-corrected chi connectivity index (χ0v) is 10.7. The minimum absolute atomic E-state index is 0.0810. The maximum atomic E-state index is 10.8. The fourth-order valence-corrected chi connectivity index (χ4v) is 1.20. The number of carboxylic acid groups (broad SMARTS) is 1. The number of esters is 1. The standard InChI is InChI=1S/C8H8O3.C6H5NO2/c1-11-8(10)6-2-4-7(9)5-3-6;8-6(9)5-3-1-2-4-7-5/h2-5,9H,1H3;1-4H,(H,8,9). The molecule has 0 fully saturated rings. The van der Waals surface area contributed by atoms with Gasteiger partial charge in [-0.25, -0.2) is 14.6 Å². The molecule has 0 saturated heterocycles. The summed E-state index contributed by atoms with van der Waals surface area (Å²) in [4.78, 5) is 24.5. The molecule has 0 atom stereocenters. The SMILES string of the molecule is COC(=O)c1ccc(O)cc1.O=C(O)c1ccccn1. The Hall–Kier alpha value is -2.89. The van der Waals surface area contributed by atoms with Gasteiger partial charge in [0.25, 0.3) is 0 Å². The van der Waals surface area contributed by atoms with Crippen LogP contribution in [0.2, 0.25) is 0 Å². The van der Waals surface area contributed by atoms with Crippen molar-refractivity contribution in [3.05, 3.63) is 59.9 Å². The van der Waals surface area contributed by atoms with Crippen molar-refractivity contribution >= 4 is 11.9 Å². The maximum Gasteiger partial charge on any atom is 0.354 e. The van der Waals surface area contributed by atoms with E-state index in [2.05, 4.69) is 9.72 Å². The molecule has 1 aromatic carbocycles. The molecule has 0 radical (unpaired) electrons. The van der Waals surface area contributed by atoms with Crippen LogP contribution in [0, 0.1) is 0 Å². The lowest BCUT2D eigenvalue weighted by Crippen LogP contribution is -1.99. The summed E-state index contributed by atoms with van der Waals surface area (Å²) < 4.78 is 4.46. The Labute approximate surface area is 115 Å². The van der Waals surface area contributed by atoms with E-state index in [-0.39, 0.29) is 11.4 Å². The number of aromatic nitrogens is 1. The van der Waals surface area contributed by atoms with Crippen LogP contribution in [-0.4, -0.2) is 34.2 Å². The number of pyridine rings is 1. The average molecular weight is 275 g/mol. The number of nitrogens with zero attached hydrogens (tertiary/aromatic N) is 1. The van der Waals surface area contributed by atoms with Crippen LogP contribution < -0.4 is 0 Å². The number of phenolic OH excluding ortho intramolecular Hbond substituents is 1. The minimum Gasteiger partial charge on any atom is -0.508 e. The third-order valence-electron chi connectivity index (χ3n) is 2.17. The second kappa shape index (κ2) is 7.52. The van der Waals surface area contributed by atoms with Crippen LogP contribution in [0.5, 0.6) is 5.75 Å². The summed E-state index contributed by atoms with van der Waals surface area (Å²) in [6.07, 6.45) is 1.45. The number of phenols is 1. The van der Waals surface area contributed by atoms with Gasteiger partial charge in [0.2, 0.25) is 0 Å². The molecular weight excluding hydrogens is 262 g/mol. The van der Waals surface area contributed by atoms with Gasteiger partial charge in [0.15, 0.2) is 0 Å². The predicted molar refractivity (Wildman–Crippen MR) is 70.6 cm³/mol. The molecule has 0 amide bonds. The maximum absolute atomic E-state index is 10.8. The first-order valence-corrected chi connectivity index (χ1v) is 5.56. The zero-order chi connectivity index (χ0) is 15.0. The molecule has 0 spiro atoms. The number of carbonyl (C=O) groups is 2. The minimum atomic E-state index is -0.990. The number of methoxy groups -OCH3 is 1. The Morgan fingerprint density at radius 3 is 2.15 bits per heavy atom. The number of hydrogen-bond donors (Lipinski definition) is 2. The van der Waals surface area contributed by atoms with Crippen molar-refractivity contribution in [3.63, 3.8) is 0 Å². The molecule has 2 rings (SSSR count). The Kier molecular flexibility index (Phi) is 5.71. The number of carboxylic acids is 1. The number of carbonyl (C=O) groups excluding carboxylic acids is 1. The molecule has 2 aromatic rings. The first-order valence-electron chi connectivity index (χ1n) is 5.56. The summed E-state index contributed by atoms with van der Waals surface area (Å²) in [5.74, 6) is -1.25. The number of benzene rings is 1. The fraction of sp³-hybridized carbons (Fsp3) is 0.0714. The van der Waals surface area contributed by atoms with Gasteiger partial charge >= 0.3 is 11.9 Å². The second-order valence-corrected chi connectivity index (χ2v) is 3.56. The van der Waals surface area contributed by atoms with Gasteiger partial charge in [0, 0.05) is 6.20 Å². The number of ether oxygens (including phenoxy) is 1. The van der Waals surface area contributed by atoms with Gasteiger partial charge in [-0.15, -0.1) is 0 Å². The van der Waals surface area contributed by atoms with E-state index in [0.717, 1.165) is 0 Å². The van der Waals surface area contributed by atoms with Gasteiger partial charge in [-0.3, -0.25) is 0 Å². The molecule has 0 aliphatic carbocycles. The summed E-state index contributed by atoms with van der Waals surface area (Å²) in [5, 5.41) is 17.2. The molecule has 0 aliphatic heterocycles. The topological polar surface area (TPSA) is 96.7 Å².